The number of rotatable bonds is 5. The molecule has 0 fully saturated rings. The van der Waals surface area contributed by atoms with Crippen LogP contribution in [0.3, 0.4) is 0 Å². The Balaban J connectivity index is 2.27. The molecule has 2 aromatic carbocycles. The lowest BCUT2D eigenvalue weighted by molar-refractivity contribution is -0.108. The molecule has 116 valence electrons. The van der Waals surface area contributed by atoms with E-state index < -0.39 is 5.76 Å². The van der Waals surface area contributed by atoms with Crippen molar-refractivity contribution in [1.29, 1.82) is 0 Å². The molecule has 4 nitrogen and oxygen atoms in total. The molecule has 0 spiro atoms. The van der Waals surface area contributed by atoms with Crippen LogP contribution < -0.4 is 5.76 Å². The summed E-state index contributed by atoms with van der Waals surface area (Å²) in [5.41, 5.74) is 2.42. The minimum atomic E-state index is -0.447. The van der Waals surface area contributed by atoms with Crippen LogP contribution in [0.4, 0.5) is 0 Å². The summed E-state index contributed by atoms with van der Waals surface area (Å²) in [6.07, 6.45) is 1.08. The van der Waals surface area contributed by atoms with E-state index >= 15 is 0 Å². The van der Waals surface area contributed by atoms with E-state index in [4.69, 9.17) is 4.42 Å². The van der Waals surface area contributed by atoms with Crippen molar-refractivity contribution in [3.05, 3.63) is 71.2 Å². The zero-order valence-corrected chi connectivity index (χ0v) is 12.8. The zero-order chi connectivity index (χ0) is 16.2. The Morgan fingerprint density at radius 3 is 2.13 bits per heavy atom. The highest BCUT2D eigenvalue weighted by Crippen LogP contribution is 2.33. The molecule has 23 heavy (non-hydrogen) atoms. The molecule has 0 radical (unpaired) electrons. The smallest absolute Gasteiger partial charge is 0.407 e. The Morgan fingerprint density at radius 1 is 1.00 bits per heavy atom. The summed E-state index contributed by atoms with van der Waals surface area (Å²) in [5, 5.41) is 0. The van der Waals surface area contributed by atoms with E-state index in [2.05, 4.69) is 0 Å². The lowest BCUT2D eigenvalue weighted by Crippen LogP contribution is -2.19. The van der Waals surface area contributed by atoms with Crippen LogP contribution in [0.5, 0.6) is 0 Å². The average molecular weight is 307 g/mol. The minimum Gasteiger partial charge on any atom is -0.407 e. The van der Waals surface area contributed by atoms with Crippen LogP contribution >= 0.6 is 0 Å². The summed E-state index contributed by atoms with van der Waals surface area (Å²) < 4.78 is 7.11. The number of aldehydes is 1. The van der Waals surface area contributed by atoms with E-state index in [0.717, 1.165) is 17.4 Å². The number of oxazole rings is 1. The van der Waals surface area contributed by atoms with Crippen LogP contribution in [0.25, 0.3) is 22.6 Å². The highest BCUT2D eigenvalue weighted by Gasteiger charge is 2.22. The number of hydrogen-bond donors (Lipinski definition) is 0. The lowest BCUT2D eigenvalue weighted by Gasteiger charge is -2.13. The maximum absolute atomic E-state index is 12.4. The van der Waals surface area contributed by atoms with E-state index in [-0.39, 0.29) is 12.5 Å². The van der Waals surface area contributed by atoms with Crippen molar-refractivity contribution >= 4 is 6.29 Å². The van der Waals surface area contributed by atoms with E-state index in [0.29, 0.717) is 11.5 Å². The van der Waals surface area contributed by atoms with Gasteiger partial charge >= 0.3 is 5.76 Å². The molecule has 0 aliphatic rings. The number of benzene rings is 2. The molecule has 0 saturated carbocycles. The van der Waals surface area contributed by atoms with Gasteiger partial charge in [0, 0.05) is 23.6 Å². The fourth-order valence-electron chi connectivity index (χ4n) is 2.68. The molecule has 0 saturated heterocycles. The van der Waals surface area contributed by atoms with Crippen LogP contribution in [-0.4, -0.2) is 10.9 Å². The first-order chi connectivity index (χ1) is 11.2. The van der Waals surface area contributed by atoms with Crippen LogP contribution in [0.15, 0.2) is 69.9 Å². The summed E-state index contributed by atoms with van der Waals surface area (Å²) in [5.74, 6) is 0.0802. The van der Waals surface area contributed by atoms with Crippen molar-refractivity contribution < 1.29 is 9.21 Å². The van der Waals surface area contributed by atoms with Gasteiger partial charge in [0.05, 0.1) is 5.69 Å². The number of hydrogen-bond acceptors (Lipinski definition) is 3. The molecular weight excluding hydrogens is 290 g/mol. The maximum atomic E-state index is 12.4. The molecule has 0 N–H and O–H groups in total. The molecule has 3 aromatic rings. The van der Waals surface area contributed by atoms with Gasteiger partial charge in [0.2, 0.25) is 0 Å². The van der Waals surface area contributed by atoms with Crippen LogP contribution in [0.1, 0.15) is 19.4 Å². The van der Waals surface area contributed by atoms with Crippen LogP contribution in [0, 0.1) is 0 Å². The standard InChI is InChI=1S/C19H17NO3/c1-14(12-13-21)20-17(15-8-4-2-5-9-15)18(23-19(20)22)16-10-6-3-7-11-16/h2-11,13-14H,12H2,1H3. The van der Waals surface area contributed by atoms with Crippen molar-refractivity contribution in [2.75, 3.05) is 0 Å². The van der Waals surface area contributed by atoms with Crippen LogP contribution in [-0.2, 0) is 4.79 Å². The number of carbonyl (C=O) groups excluding carboxylic acids is 1. The second-order valence-electron chi connectivity index (χ2n) is 5.40. The third kappa shape index (κ3) is 2.88. The second-order valence-corrected chi connectivity index (χ2v) is 5.40. The fourth-order valence-corrected chi connectivity index (χ4v) is 2.68. The molecule has 0 aliphatic heterocycles. The Bertz CT molecular complexity index is 847. The average Bonchev–Trinajstić information content (AvgIpc) is 2.94. The molecule has 0 bridgehead atoms. The molecule has 1 heterocycles. The summed E-state index contributed by atoms with van der Waals surface area (Å²) in [7, 11) is 0. The first-order valence-corrected chi connectivity index (χ1v) is 7.52. The highest BCUT2D eigenvalue weighted by atomic mass is 16.4. The Hall–Kier alpha value is -2.88. The molecule has 1 aromatic heterocycles. The van der Waals surface area contributed by atoms with Crippen molar-refractivity contribution in [2.24, 2.45) is 0 Å². The highest BCUT2D eigenvalue weighted by molar-refractivity contribution is 5.77. The summed E-state index contributed by atoms with van der Waals surface area (Å²) in [6.45, 7) is 1.84. The van der Waals surface area contributed by atoms with Gasteiger partial charge in [-0.1, -0.05) is 60.7 Å². The molecule has 0 aliphatic carbocycles. The first kappa shape index (κ1) is 15.0. The Morgan fingerprint density at radius 2 is 1.57 bits per heavy atom. The zero-order valence-electron chi connectivity index (χ0n) is 12.8. The molecule has 3 rings (SSSR count). The van der Waals surface area contributed by atoms with Gasteiger partial charge in [-0.3, -0.25) is 4.57 Å². The van der Waals surface area contributed by atoms with Gasteiger partial charge in [-0.2, -0.15) is 0 Å². The maximum Gasteiger partial charge on any atom is 0.420 e. The number of aromatic nitrogens is 1. The first-order valence-electron chi connectivity index (χ1n) is 7.52. The third-order valence-electron chi connectivity index (χ3n) is 3.80. The SMILES string of the molecule is CC(CC=O)n1c(-c2ccccc2)c(-c2ccccc2)oc1=O. The predicted molar refractivity (Wildman–Crippen MR) is 89.2 cm³/mol. The van der Waals surface area contributed by atoms with E-state index in [1.54, 1.807) is 4.57 Å². The van der Waals surface area contributed by atoms with Gasteiger partial charge in [0.1, 0.15) is 6.29 Å². The van der Waals surface area contributed by atoms with Crippen LogP contribution in [0.2, 0.25) is 0 Å². The third-order valence-corrected chi connectivity index (χ3v) is 3.80. The van der Waals surface area contributed by atoms with E-state index in [9.17, 15) is 9.59 Å². The van der Waals surface area contributed by atoms with Gasteiger partial charge < -0.3 is 9.21 Å². The van der Waals surface area contributed by atoms with Gasteiger partial charge in [-0.05, 0) is 6.92 Å². The van der Waals surface area contributed by atoms with Gasteiger partial charge in [-0.25, -0.2) is 4.79 Å². The van der Waals surface area contributed by atoms with Crippen molar-refractivity contribution in [1.82, 2.24) is 4.57 Å². The Kier molecular flexibility index (Phi) is 4.24. The van der Waals surface area contributed by atoms with Gasteiger partial charge in [0.15, 0.2) is 5.76 Å². The minimum absolute atomic E-state index is 0.257. The monoisotopic (exact) mass is 307 g/mol. The molecule has 0 amide bonds. The van der Waals surface area contributed by atoms with Crippen molar-refractivity contribution in [3.8, 4) is 22.6 Å². The largest absolute Gasteiger partial charge is 0.420 e. The molecule has 1 unspecified atom stereocenters. The molecule has 1 atom stereocenters. The fraction of sp³-hybridized carbons (Fsp3) is 0.158. The second kappa shape index (κ2) is 6.48. The Labute approximate surface area is 134 Å². The number of nitrogens with zero attached hydrogens (tertiary/aromatic N) is 1. The molecular formula is C19H17NO3. The summed E-state index contributed by atoms with van der Waals surface area (Å²) in [4.78, 5) is 23.3. The van der Waals surface area contributed by atoms with E-state index in [1.165, 1.54) is 0 Å². The predicted octanol–water partition coefficient (Wildman–Crippen LogP) is 3.93. The quantitative estimate of drug-likeness (QED) is 0.671. The summed E-state index contributed by atoms with van der Waals surface area (Å²) >= 11 is 0. The topological polar surface area (TPSA) is 52.2 Å². The van der Waals surface area contributed by atoms with Crippen molar-refractivity contribution in [3.63, 3.8) is 0 Å². The lowest BCUT2D eigenvalue weighted by atomic mass is 10.0. The van der Waals surface area contributed by atoms with Gasteiger partial charge in [0.25, 0.3) is 0 Å². The van der Waals surface area contributed by atoms with E-state index in [1.807, 2.05) is 67.6 Å². The summed E-state index contributed by atoms with van der Waals surface area (Å²) in [6, 6.07) is 18.9. The van der Waals surface area contributed by atoms with Crippen molar-refractivity contribution in [2.45, 2.75) is 19.4 Å². The number of carbonyl (C=O) groups is 1. The normalized spacial score (nSPS) is 12.0. The molecule has 4 heteroatoms. The van der Waals surface area contributed by atoms with Gasteiger partial charge in [-0.15, -0.1) is 0 Å².